The zero-order valence-electron chi connectivity index (χ0n) is 28.8. The molecule has 1 unspecified atom stereocenters. The summed E-state index contributed by atoms with van der Waals surface area (Å²) >= 11 is 7.47. The summed E-state index contributed by atoms with van der Waals surface area (Å²) in [6.07, 6.45) is 5.65. The van der Waals surface area contributed by atoms with Crippen molar-refractivity contribution in [2.24, 2.45) is 0 Å². The van der Waals surface area contributed by atoms with Gasteiger partial charge in [-0.05, 0) is 124 Å². The van der Waals surface area contributed by atoms with Gasteiger partial charge in [0.2, 0.25) is 5.91 Å². The fourth-order valence-corrected chi connectivity index (χ4v) is 7.22. The van der Waals surface area contributed by atoms with Gasteiger partial charge in [-0.3, -0.25) is 14.5 Å². The number of benzene rings is 3. The minimum atomic E-state index is -0.732. The van der Waals surface area contributed by atoms with Crippen LogP contribution in [0.15, 0.2) is 66.7 Å². The predicted octanol–water partition coefficient (Wildman–Crippen LogP) is 7.69. The molecule has 0 radical (unpaired) electrons. The van der Waals surface area contributed by atoms with Gasteiger partial charge in [0.15, 0.2) is 0 Å². The van der Waals surface area contributed by atoms with E-state index in [1.54, 1.807) is 19.2 Å². The van der Waals surface area contributed by atoms with Crippen LogP contribution in [0.1, 0.15) is 71.6 Å². The summed E-state index contributed by atoms with van der Waals surface area (Å²) in [5, 5.41) is 4.29. The summed E-state index contributed by atoms with van der Waals surface area (Å²) in [5.74, 6) is 0.388. The van der Waals surface area contributed by atoms with Crippen LogP contribution in [0.25, 0.3) is 10.9 Å². The molecule has 1 aliphatic rings. The second-order valence-corrected chi connectivity index (χ2v) is 14.1. The Balaban J connectivity index is 1.07. The predicted molar refractivity (Wildman–Crippen MR) is 199 cm³/mol. The SMILES string of the molecule is COc1ccc2[nH]c(C)c(C(CCCSCC(=O)NCCCOc3cccc(CN4CCCCC4)c3)C(=O)OC(=O)c3ccc(Cl)cc3)c2c1. The first-order valence-corrected chi connectivity index (χ1v) is 18.8. The van der Waals surface area contributed by atoms with E-state index in [-0.39, 0.29) is 11.5 Å². The smallest absolute Gasteiger partial charge is 0.345 e. The third-order valence-corrected chi connectivity index (χ3v) is 10.1. The molecule has 50 heavy (non-hydrogen) atoms. The van der Waals surface area contributed by atoms with Crippen LogP contribution in [0.3, 0.4) is 0 Å². The van der Waals surface area contributed by atoms with Gasteiger partial charge in [0.25, 0.3) is 0 Å². The quantitative estimate of drug-likeness (QED) is 0.0650. The van der Waals surface area contributed by atoms with Gasteiger partial charge >= 0.3 is 11.9 Å². The van der Waals surface area contributed by atoms with Crippen LogP contribution < -0.4 is 14.8 Å². The standard InChI is InChI=1S/C39H46ClN3O6S/c1-27-37(34-24-31(47-2)16-17-35(34)42-27)33(39(46)49-38(45)29-12-14-30(40)15-13-29)11-7-22-50-26-36(44)41-18-8-21-48-32-10-6-9-28(23-32)25-43-19-4-3-5-20-43/h6,9-10,12-17,23-24,33,42H,3-5,7-8,11,18-22,25-26H2,1-2H3,(H,41,44). The van der Waals surface area contributed by atoms with Crippen LogP contribution >= 0.6 is 23.4 Å². The van der Waals surface area contributed by atoms with Crippen LogP contribution in [-0.4, -0.2) is 72.6 Å². The van der Waals surface area contributed by atoms with Crippen LogP contribution in [-0.2, 0) is 20.9 Å². The van der Waals surface area contributed by atoms with Crippen molar-refractivity contribution in [1.29, 1.82) is 0 Å². The molecule has 1 atom stereocenters. The van der Waals surface area contributed by atoms with Gasteiger partial charge < -0.3 is 24.5 Å². The van der Waals surface area contributed by atoms with Crippen molar-refractivity contribution < 1.29 is 28.6 Å². The number of H-pyrrole nitrogens is 1. The maximum Gasteiger partial charge on any atom is 0.345 e. The molecule has 0 saturated carbocycles. The highest BCUT2D eigenvalue weighted by Gasteiger charge is 2.29. The number of fused-ring (bicyclic) bond motifs is 1. The number of aromatic nitrogens is 1. The van der Waals surface area contributed by atoms with Crippen LogP contribution in [0, 0.1) is 6.92 Å². The van der Waals surface area contributed by atoms with Gasteiger partial charge in [0.1, 0.15) is 11.5 Å². The molecule has 1 aromatic heterocycles. The minimum absolute atomic E-state index is 0.0392. The Morgan fingerprint density at radius 1 is 0.980 bits per heavy atom. The molecule has 266 valence electrons. The molecule has 4 aromatic rings. The van der Waals surface area contributed by atoms with Crippen molar-refractivity contribution in [2.45, 2.75) is 57.9 Å². The van der Waals surface area contributed by atoms with Crippen LogP contribution in [0.4, 0.5) is 0 Å². The number of halogens is 1. The Kier molecular flexibility index (Phi) is 14.0. The molecular formula is C39H46ClN3O6S. The van der Waals surface area contributed by atoms with Crippen LogP contribution in [0.5, 0.6) is 11.5 Å². The van der Waals surface area contributed by atoms with Gasteiger partial charge in [0.05, 0.1) is 31.0 Å². The summed E-state index contributed by atoms with van der Waals surface area (Å²) in [4.78, 5) is 44.8. The number of piperidine rings is 1. The minimum Gasteiger partial charge on any atom is -0.497 e. The number of thioether (sulfide) groups is 1. The average molecular weight is 720 g/mol. The number of hydrogen-bond donors (Lipinski definition) is 2. The summed E-state index contributed by atoms with van der Waals surface area (Å²) in [6.45, 7) is 6.24. The molecule has 1 saturated heterocycles. The molecular weight excluding hydrogens is 674 g/mol. The molecule has 1 amide bonds. The van der Waals surface area contributed by atoms with Gasteiger partial charge in [-0.25, -0.2) is 4.79 Å². The average Bonchev–Trinajstić information content (AvgIpc) is 3.44. The zero-order chi connectivity index (χ0) is 35.3. The highest BCUT2D eigenvalue weighted by atomic mass is 35.5. The van der Waals surface area contributed by atoms with Crippen molar-refractivity contribution >= 4 is 52.1 Å². The van der Waals surface area contributed by atoms with Gasteiger partial charge in [-0.2, -0.15) is 11.8 Å². The highest BCUT2D eigenvalue weighted by Crippen LogP contribution is 2.35. The van der Waals surface area contributed by atoms with Crippen molar-refractivity contribution in [1.82, 2.24) is 15.2 Å². The molecule has 0 aliphatic carbocycles. The topological polar surface area (TPSA) is 110 Å². The van der Waals surface area contributed by atoms with Gasteiger partial charge in [0, 0.05) is 34.7 Å². The number of esters is 2. The van der Waals surface area contributed by atoms with Crippen molar-refractivity contribution in [2.75, 3.05) is 44.9 Å². The maximum absolute atomic E-state index is 13.6. The number of nitrogens with one attached hydrogen (secondary N) is 2. The number of carbonyl (C=O) groups is 3. The highest BCUT2D eigenvalue weighted by molar-refractivity contribution is 7.99. The number of rotatable bonds is 17. The fourth-order valence-electron chi connectivity index (χ4n) is 6.29. The third-order valence-electron chi connectivity index (χ3n) is 8.83. The summed E-state index contributed by atoms with van der Waals surface area (Å²) in [7, 11) is 1.59. The van der Waals surface area contributed by atoms with E-state index in [1.807, 2.05) is 37.3 Å². The normalized spacial score (nSPS) is 13.9. The summed E-state index contributed by atoms with van der Waals surface area (Å²) in [6, 6.07) is 20.1. The van der Waals surface area contributed by atoms with E-state index in [9.17, 15) is 14.4 Å². The number of ether oxygens (including phenoxy) is 3. The van der Waals surface area contributed by atoms with Gasteiger partial charge in [-0.15, -0.1) is 0 Å². The Labute approximate surface area is 303 Å². The second kappa shape index (κ2) is 18.8. The van der Waals surface area contributed by atoms with Crippen molar-refractivity contribution in [3.8, 4) is 11.5 Å². The lowest BCUT2D eigenvalue weighted by Gasteiger charge is -2.26. The van der Waals surface area contributed by atoms with E-state index in [1.165, 1.54) is 48.7 Å². The molecule has 9 nitrogen and oxygen atoms in total. The summed E-state index contributed by atoms with van der Waals surface area (Å²) < 4.78 is 16.8. The molecule has 2 heterocycles. The molecule has 11 heteroatoms. The number of carbonyl (C=O) groups excluding carboxylic acids is 3. The molecule has 1 aliphatic heterocycles. The van der Waals surface area contributed by atoms with E-state index in [0.717, 1.165) is 47.5 Å². The number of nitrogens with zero attached hydrogens (tertiary/aromatic N) is 1. The fraction of sp³-hybridized carbons (Fsp3) is 0.410. The first kappa shape index (κ1) is 37.3. The number of amides is 1. The number of aryl methyl sites for hydroxylation is 1. The lowest BCUT2D eigenvalue weighted by molar-refractivity contribution is -0.140. The first-order valence-electron chi connectivity index (χ1n) is 17.3. The largest absolute Gasteiger partial charge is 0.497 e. The second-order valence-electron chi connectivity index (χ2n) is 12.6. The lowest BCUT2D eigenvalue weighted by Crippen LogP contribution is -2.29. The number of hydrogen-bond acceptors (Lipinski definition) is 8. The zero-order valence-corrected chi connectivity index (χ0v) is 30.4. The monoisotopic (exact) mass is 719 g/mol. The molecule has 3 aromatic carbocycles. The van der Waals surface area contributed by atoms with Gasteiger partial charge in [-0.1, -0.05) is 30.2 Å². The Bertz CT molecular complexity index is 1740. The Morgan fingerprint density at radius 2 is 1.78 bits per heavy atom. The molecule has 0 spiro atoms. The Hall–Kier alpha value is -3.99. The van der Waals surface area contributed by atoms with Crippen molar-refractivity contribution in [3.63, 3.8) is 0 Å². The summed E-state index contributed by atoms with van der Waals surface area (Å²) in [5.41, 5.74) is 3.95. The Morgan fingerprint density at radius 3 is 2.56 bits per heavy atom. The lowest BCUT2D eigenvalue weighted by atomic mass is 9.92. The molecule has 0 bridgehead atoms. The van der Waals surface area contributed by atoms with E-state index < -0.39 is 17.9 Å². The first-order chi connectivity index (χ1) is 24.3. The molecule has 5 rings (SSSR count). The van der Waals surface area contributed by atoms with E-state index in [0.29, 0.717) is 54.7 Å². The third kappa shape index (κ3) is 10.8. The number of likely N-dealkylation sites (tertiary alicyclic amines) is 1. The van der Waals surface area contributed by atoms with E-state index in [4.69, 9.17) is 25.8 Å². The maximum atomic E-state index is 13.6. The number of aromatic amines is 1. The van der Waals surface area contributed by atoms with E-state index in [2.05, 4.69) is 27.3 Å². The number of methoxy groups -OCH3 is 1. The van der Waals surface area contributed by atoms with Crippen LogP contribution in [0.2, 0.25) is 5.02 Å². The van der Waals surface area contributed by atoms with Crippen molar-refractivity contribution in [3.05, 3.63) is 94.1 Å². The van der Waals surface area contributed by atoms with E-state index >= 15 is 0 Å². The molecule has 2 N–H and O–H groups in total. The molecule has 1 fully saturated rings.